The van der Waals surface area contributed by atoms with E-state index in [0.29, 0.717) is 42.9 Å². The van der Waals surface area contributed by atoms with Crippen LogP contribution in [0.4, 0.5) is 17.1 Å². The molecule has 0 spiro atoms. The Morgan fingerprint density at radius 2 is 1.56 bits per heavy atom. The molecule has 0 atom stereocenters. The molecule has 10 heteroatoms. The lowest BCUT2D eigenvalue weighted by Crippen LogP contribution is -2.51. The van der Waals surface area contributed by atoms with Crippen LogP contribution in [-0.2, 0) is 14.8 Å². The van der Waals surface area contributed by atoms with Crippen molar-refractivity contribution in [2.45, 2.75) is 4.90 Å². The van der Waals surface area contributed by atoms with Crippen molar-refractivity contribution in [3.05, 3.63) is 70.8 Å². The Morgan fingerprint density at radius 3 is 2.28 bits per heavy atom. The van der Waals surface area contributed by atoms with Gasteiger partial charge in [0.15, 0.2) is 0 Å². The molecular weight excluding hydrogens is 432 g/mol. The van der Waals surface area contributed by atoms with Gasteiger partial charge in [0.25, 0.3) is 15.7 Å². The SMILES string of the molecule is O=C(CN1c2cccc3cccc(c23)S1(=O)=O)N1CCN(c2ccccc2[N+](=O)[O-])CC1. The first-order chi connectivity index (χ1) is 15.4. The summed E-state index contributed by atoms with van der Waals surface area (Å²) in [6.45, 7) is 1.30. The van der Waals surface area contributed by atoms with Crippen LogP contribution in [0.2, 0.25) is 0 Å². The number of para-hydroxylation sites is 2. The number of anilines is 2. The Hall–Kier alpha value is -3.66. The third-order valence-corrected chi connectivity index (χ3v) is 7.81. The molecule has 0 radical (unpaired) electrons. The molecule has 0 aliphatic carbocycles. The molecule has 2 aliphatic heterocycles. The van der Waals surface area contributed by atoms with E-state index in [-0.39, 0.29) is 23.0 Å². The van der Waals surface area contributed by atoms with Crippen molar-refractivity contribution in [3.8, 4) is 0 Å². The van der Waals surface area contributed by atoms with Crippen LogP contribution in [-0.4, -0.2) is 56.9 Å². The van der Waals surface area contributed by atoms with Gasteiger partial charge < -0.3 is 9.80 Å². The molecule has 2 heterocycles. The molecule has 3 aromatic rings. The number of nitrogens with zero attached hydrogens (tertiary/aromatic N) is 4. The first-order valence-corrected chi connectivity index (χ1v) is 11.6. The Bertz CT molecular complexity index is 1340. The van der Waals surface area contributed by atoms with Gasteiger partial charge >= 0.3 is 0 Å². The average Bonchev–Trinajstić information content (AvgIpc) is 3.02. The van der Waals surface area contributed by atoms with E-state index >= 15 is 0 Å². The monoisotopic (exact) mass is 452 g/mol. The number of rotatable bonds is 4. The summed E-state index contributed by atoms with van der Waals surface area (Å²) < 4.78 is 27.4. The van der Waals surface area contributed by atoms with Gasteiger partial charge in [-0.05, 0) is 23.6 Å². The summed E-state index contributed by atoms with van der Waals surface area (Å²) in [6.07, 6.45) is 0. The molecule has 1 saturated heterocycles. The normalized spacial score (nSPS) is 17.1. The molecule has 1 amide bonds. The number of amides is 1. The molecule has 2 aliphatic rings. The van der Waals surface area contributed by atoms with Gasteiger partial charge in [-0.3, -0.25) is 19.2 Å². The molecule has 164 valence electrons. The van der Waals surface area contributed by atoms with Gasteiger partial charge in [-0.2, -0.15) is 0 Å². The van der Waals surface area contributed by atoms with E-state index < -0.39 is 14.9 Å². The van der Waals surface area contributed by atoms with Crippen LogP contribution in [0.5, 0.6) is 0 Å². The fraction of sp³-hybridized carbons (Fsp3) is 0.227. The third-order valence-electron chi connectivity index (χ3n) is 6.01. The summed E-state index contributed by atoms with van der Waals surface area (Å²) in [5.41, 5.74) is 1.07. The summed E-state index contributed by atoms with van der Waals surface area (Å²) >= 11 is 0. The minimum atomic E-state index is -3.80. The number of nitro benzene ring substituents is 1. The Kier molecular flexibility index (Phi) is 4.74. The molecule has 0 unspecified atom stereocenters. The highest BCUT2D eigenvalue weighted by Crippen LogP contribution is 2.41. The molecule has 5 rings (SSSR count). The lowest BCUT2D eigenvalue weighted by Gasteiger charge is -2.36. The average molecular weight is 452 g/mol. The van der Waals surface area contributed by atoms with Gasteiger partial charge in [0.2, 0.25) is 5.91 Å². The van der Waals surface area contributed by atoms with E-state index in [9.17, 15) is 23.3 Å². The van der Waals surface area contributed by atoms with Crippen molar-refractivity contribution in [1.82, 2.24) is 4.90 Å². The maximum absolute atomic E-state index is 13.1. The second-order valence-corrected chi connectivity index (χ2v) is 9.59. The van der Waals surface area contributed by atoms with Crippen molar-refractivity contribution >= 4 is 43.8 Å². The second-order valence-electron chi connectivity index (χ2n) is 7.76. The van der Waals surface area contributed by atoms with Crippen LogP contribution in [0.1, 0.15) is 0 Å². The lowest BCUT2D eigenvalue weighted by atomic mass is 10.1. The predicted octanol–water partition coefficient (Wildman–Crippen LogP) is 2.61. The fourth-order valence-electron chi connectivity index (χ4n) is 4.43. The minimum Gasteiger partial charge on any atom is -0.362 e. The van der Waals surface area contributed by atoms with Crippen LogP contribution in [0, 0.1) is 10.1 Å². The van der Waals surface area contributed by atoms with E-state index in [4.69, 9.17) is 0 Å². The molecule has 0 N–H and O–H groups in total. The molecule has 3 aromatic carbocycles. The molecule has 32 heavy (non-hydrogen) atoms. The van der Waals surface area contributed by atoms with Crippen LogP contribution in [0.15, 0.2) is 65.6 Å². The zero-order valence-corrected chi connectivity index (χ0v) is 17.9. The highest BCUT2D eigenvalue weighted by atomic mass is 32.2. The van der Waals surface area contributed by atoms with Crippen LogP contribution in [0.3, 0.4) is 0 Å². The first kappa shape index (κ1) is 20.3. The van der Waals surface area contributed by atoms with Crippen molar-refractivity contribution in [1.29, 1.82) is 0 Å². The van der Waals surface area contributed by atoms with Crippen molar-refractivity contribution in [2.75, 3.05) is 41.9 Å². The quantitative estimate of drug-likeness (QED) is 0.445. The molecule has 0 bridgehead atoms. The largest absolute Gasteiger partial charge is 0.362 e. The highest BCUT2D eigenvalue weighted by Gasteiger charge is 2.38. The van der Waals surface area contributed by atoms with E-state index in [1.54, 1.807) is 47.4 Å². The van der Waals surface area contributed by atoms with Crippen molar-refractivity contribution < 1.29 is 18.1 Å². The van der Waals surface area contributed by atoms with Crippen molar-refractivity contribution in [2.24, 2.45) is 0 Å². The van der Waals surface area contributed by atoms with Gasteiger partial charge in [0.05, 0.1) is 15.5 Å². The van der Waals surface area contributed by atoms with Crippen LogP contribution < -0.4 is 9.21 Å². The zero-order chi connectivity index (χ0) is 22.5. The zero-order valence-electron chi connectivity index (χ0n) is 17.0. The third kappa shape index (κ3) is 3.14. The summed E-state index contributed by atoms with van der Waals surface area (Å²) in [4.78, 5) is 27.6. The van der Waals surface area contributed by atoms with Gasteiger partial charge in [-0.15, -0.1) is 0 Å². The smallest absolute Gasteiger partial charge is 0.292 e. The topological polar surface area (TPSA) is 104 Å². The number of hydrogen-bond donors (Lipinski definition) is 0. The van der Waals surface area contributed by atoms with Crippen molar-refractivity contribution in [3.63, 3.8) is 0 Å². The number of carbonyl (C=O) groups excluding carboxylic acids is 1. The van der Waals surface area contributed by atoms with Gasteiger partial charge in [-0.1, -0.05) is 36.4 Å². The van der Waals surface area contributed by atoms with E-state index in [2.05, 4.69) is 0 Å². The molecule has 9 nitrogen and oxygen atoms in total. The lowest BCUT2D eigenvalue weighted by molar-refractivity contribution is -0.384. The molecular formula is C22H20N4O5S. The van der Waals surface area contributed by atoms with E-state index in [0.717, 1.165) is 5.39 Å². The Labute approximate surface area is 184 Å². The number of piperazine rings is 1. The summed E-state index contributed by atoms with van der Waals surface area (Å²) in [7, 11) is -3.80. The summed E-state index contributed by atoms with van der Waals surface area (Å²) in [6, 6.07) is 17.0. The number of carbonyl (C=O) groups is 1. The number of sulfonamides is 1. The number of benzene rings is 3. The predicted molar refractivity (Wildman–Crippen MR) is 120 cm³/mol. The van der Waals surface area contributed by atoms with Crippen LogP contribution >= 0.6 is 0 Å². The fourth-order valence-corrected chi connectivity index (χ4v) is 6.09. The maximum atomic E-state index is 13.1. The van der Waals surface area contributed by atoms with Gasteiger partial charge in [0, 0.05) is 37.6 Å². The summed E-state index contributed by atoms with van der Waals surface area (Å²) in [5, 5.41) is 12.8. The Balaban J connectivity index is 1.33. The standard InChI is InChI=1S/C22H20N4O5S/c27-21(24-13-11-23(12-14-24)17-7-1-2-8-18(17)26(28)29)15-25-19-9-3-5-16-6-4-10-20(22(16)19)32(25,30)31/h1-10H,11-15H2. The van der Waals surface area contributed by atoms with Crippen LogP contribution in [0.25, 0.3) is 10.8 Å². The maximum Gasteiger partial charge on any atom is 0.292 e. The van der Waals surface area contributed by atoms with E-state index in [1.807, 2.05) is 17.0 Å². The first-order valence-electron chi connectivity index (χ1n) is 10.2. The van der Waals surface area contributed by atoms with Gasteiger partial charge in [-0.25, -0.2) is 8.42 Å². The molecule has 1 fully saturated rings. The molecule has 0 aromatic heterocycles. The number of nitro groups is 1. The summed E-state index contributed by atoms with van der Waals surface area (Å²) in [5.74, 6) is -0.291. The highest BCUT2D eigenvalue weighted by molar-refractivity contribution is 7.93. The second kappa shape index (κ2) is 7.49. The molecule has 0 saturated carbocycles. The Morgan fingerprint density at radius 1 is 0.906 bits per heavy atom. The van der Waals surface area contributed by atoms with E-state index in [1.165, 1.54) is 10.4 Å². The minimum absolute atomic E-state index is 0.0290. The van der Waals surface area contributed by atoms with Gasteiger partial charge in [0.1, 0.15) is 12.2 Å². The number of hydrogen-bond acceptors (Lipinski definition) is 6.